The van der Waals surface area contributed by atoms with Crippen molar-refractivity contribution in [2.75, 3.05) is 5.32 Å². The van der Waals surface area contributed by atoms with E-state index in [9.17, 15) is 34.5 Å². The quantitative estimate of drug-likeness (QED) is 0.457. The third kappa shape index (κ3) is 4.41. The van der Waals surface area contributed by atoms with Crippen molar-refractivity contribution in [2.24, 2.45) is 9.98 Å². The highest BCUT2D eigenvalue weighted by Crippen LogP contribution is 2.24. The Kier molecular flexibility index (Phi) is 5.71. The van der Waals surface area contributed by atoms with Crippen molar-refractivity contribution < 1.29 is 34.5 Å². The molecule has 0 saturated heterocycles. The smallest absolute Gasteiger partial charge is 0.335 e. The Morgan fingerprint density at radius 2 is 1.41 bits per heavy atom. The molecule has 1 aliphatic rings. The molecule has 0 bridgehead atoms. The van der Waals surface area contributed by atoms with Gasteiger partial charge in [-0.3, -0.25) is 9.59 Å². The molecule has 4 N–H and O–H groups in total. The van der Waals surface area contributed by atoms with Crippen molar-refractivity contribution >= 4 is 46.6 Å². The van der Waals surface area contributed by atoms with Crippen molar-refractivity contribution in [3.05, 3.63) is 89.0 Å². The second-order valence-electron chi connectivity index (χ2n) is 7.15. The number of amides is 1. The van der Waals surface area contributed by atoms with E-state index >= 15 is 0 Å². The summed E-state index contributed by atoms with van der Waals surface area (Å²) in [6.07, 6.45) is 0. The lowest BCUT2D eigenvalue weighted by Crippen LogP contribution is -2.35. The third-order valence-electron chi connectivity index (χ3n) is 4.83. The van der Waals surface area contributed by atoms with E-state index in [0.29, 0.717) is 11.3 Å². The first-order valence-electron chi connectivity index (χ1n) is 9.76. The first-order chi connectivity index (χ1) is 16.2. The standard InChI is InChI=1S/C24H15N3O7/c28-16-7-5-14(6-8-16)25-21-18-4-2-1-3-17(18)20(29)19(27-21)22(30)26-15-10-12(23(31)32)9-13(11-15)24(33)34/h1-11,28H,(H,26,30)(H,31,32)(H,33,34). The van der Waals surface area contributed by atoms with Gasteiger partial charge in [0.2, 0.25) is 5.78 Å². The molecule has 0 unspecified atom stereocenters. The maximum atomic E-state index is 13.0. The lowest BCUT2D eigenvalue weighted by molar-refractivity contribution is -0.110. The van der Waals surface area contributed by atoms with Crippen LogP contribution in [0.3, 0.4) is 0 Å². The predicted molar refractivity (Wildman–Crippen MR) is 122 cm³/mol. The van der Waals surface area contributed by atoms with Crippen molar-refractivity contribution in [3.8, 4) is 5.75 Å². The van der Waals surface area contributed by atoms with Gasteiger partial charge in [0.15, 0.2) is 11.5 Å². The van der Waals surface area contributed by atoms with Gasteiger partial charge < -0.3 is 20.6 Å². The number of phenolic OH excluding ortho intramolecular Hbond substituents is 1. The Bertz CT molecular complexity index is 1390. The molecule has 10 heteroatoms. The van der Waals surface area contributed by atoms with Crippen molar-refractivity contribution in [1.29, 1.82) is 0 Å². The Morgan fingerprint density at radius 1 is 0.824 bits per heavy atom. The number of carboxylic acids is 2. The monoisotopic (exact) mass is 457 g/mol. The van der Waals surface area contributed by atoms with Gasteiger partial charge in [-0.1, -0.05) is 24.3 Å². The molecule has 0 spiro atoms. The number of amidine groups is 1. The number of aliphatic imine (C=N–C) groups is 2. The molecule has 0 atom stereocenters. The largest absolute Gasteiger partial charge is 0.508 e. The highest BCUT2D eigenvalue weighted by Gasteiger charge is 2.30. The van der Waals surface area contributed by atoms with Crippen LogP contribution in [0.5, 0.6) is 5.75 Å². The number of Topliss-reactive ketones (excluding diaryl/α,β-unsaturated/α-hetero) is 1. The van der Waals surface area contributed by atoms with E-state index in [1.54, 1.807) is 18.2 Å². The van der Waals surface area contributed by atoms with Crippen LogP contribution in [0.15, 0.2) is 76.7 Å². The summed E-state index contributed by atoms with van der Waals surface area (Å²) in [5.41, 5.74) is -0.342. The topological polar surface area (TPSA) is 166 Å². The average molecular weight is 457 g/mol. The van der Waals surface area contributed by atoms with E-state index in [0.717, 1.165) is 18.2 Å². The summed E-state index contributed by atoms with van der Waals surface area (Å²) in [6, 6.07) is 15.4. The minimum absolute atomic E-state index is 0.0380. The van der Waals surface area contributed by atoms with E-state index in [4.69, 9.17) is 0 Å². The highest BCUT2D eigenvalue weighted by atomic mass is 16.4. The number of fused-ring (bicyclic) bond motifs is 1. The number of benzene rings is 3. The van der Waals surface area contributed by atoms with Gasteiger partial charge in [-0.25, -0.2) is 19.6 Å². The van der Waals surface area contributed by atoms with Gasteiger partial charge in [0.1, 0.15) is 5.75 Å². The first-order valence-corrected chi connectivity index (χ1v) is 9.76. The summed E-state index contributed by atoms with van der Waals surface area (Å²) < 4.78 is 0. The molecule has 10 nitrogen and oxygen atoms in total. The van der Waals surface area contributed by atoms with Gasteiger partial charge in [-0.15, -0.1) is 0 Å². The maximum Gasteiger partial charge on any atom is 0.335 e. The number of anilines is 1. The van der Waals surface area contributed by atoms with Crippen molar-refractivity contribution in [1.82, 2.24) is 0 Å². The Morgan fingerprint density at radius 3 is 2.00 bits per heavy atom. The fourth-order valence-electron chi connectivity index (χ4n) is 3.25. The van der Waals surface area contributed by atoms with E-state index in [-0.39, 0.29) is 34.0 Å². The van der Waals surface area contributed by atoms with E-state index in [1.807, 2.05) is 0 Å². The molecule has 0 saturated carbocycles. The van der Waals surface area contributed by atoms with Crippen LogP contribution in [0.1, 0.15) is 36.6 Å². The average Bonchev–Trinajstić information content (AvgIpc) is 2.82. The van der Waals surface area contributed by atoms with E-state index in [1.165, 1.54) is 30.3 Å². The lowest BCUT2D eigenvalue weighted by Gasteiger charge is -2.16. The van der Waals surface area contributed by atoms with Crippen molar-refractivity contribution in [2.45, 2.75) is 0 Å². The molecule has 4 rings (SSSR count). The number of carbonyl (C=O) groups is 4. The molecule has 0 radical (unpaired) electrons. The number of carboxylic acid groups (broad SMARTS) is 2. The zero-order valence-corrected chi connectivity index (χ0v) is 17.2. The minimum atomic E-state index is -1.39. The number of aromatic hydroxyl groups is 1. The van der Waals surface area contributed by atoms with Crippen LogP contribution < -0.4 is 5.32 Å². The fraction of sp³-hybridized carbons (Fsp3) is 0. The maximum absolute atomic E-state index is 13.0. The molecular formula is C24H15N3O7. The summed E-state index contributed by atoms with van der Waals surface area (Å²) in [6.45, 7) is 0. The van der Waals surface area contributed by atoms with Gasteiger partial charge in [-0.2, -0.15) is 0 Å². The number of hydrogen-bond donors (Lipinski definition) is 4. The molecular weight excluding hydrogens is 442 g/mol. The van der Waals surface area contributed by atoms with Crippen LogP contribution >= 0.6 is 0 Å². The van der Waals surface area contributed by atoms with Gasteiger partial charge in [0.25, 0.3) is 5.91 Å². The molecule has 0 aromatic heterocycles. The van der Waals surface area contributed by atoms with Gasteiger partial charge in [0.05, 0.1) is 16.8 Å². The fourth-order valence-corrected chi connectivity index (χ4v) is 3.25. The second-order valence-corrected chi connectivity index (χ2v) is 7.15. The number of aromatic carboxylic acids is 2. The highest BCUT2D eigenvalue weighted by molar-refractivity contribution is 6.72. The summed E-state index contributed by atoms with van der Waals surface area (Å²) in [5.74, 6) is -4.29. The number of carbonyl (C=O) groups excluding carboxylic acids is 2. The molecule has 3 aromatic carbocycles. The molecule has 3 aromatic rings. The minimum Gasteiger partial charge on any atom is -0.508 e. The van der Waals surface area contributed by atoms with Crippen LogP contribution in [0.4, 0.5) is 11.4 Å². The van der Waals surface area contributed by atoms with Crippen LogP contribution in [0, 0.1) is 0 Å². The second kappa shape index (κ2) is 8.79. The van der Waals surface area contributed by atoms with Gasteiger partial charge in [0, 0.05) is 16.8 Å². The number of phenols is 1. The molecule has 0 fully saturated rings. The van der Waals surface area contributed by atoms with E-state index in [2.05, 4.69) is 15.3 Å². The summed E-state index contributed by atoms with van der Waals surface area (Å²) in [5, 5.41) is 30.3. The van der Waals surface area contributed by atoms with Gasteiger partial charge in [-0.05, 0) is 42.5 Å². The van der Waals surface area contributed by atoms with Crippen LogP contribution in [0.25, 0.3) is 0 Å². The molecule has 34 heavy (non-hydrogen) atoms. The molecule has 168 valence electrons. The number of ketones is 1. The SMILES string of the molecule is O=C(Nc1cc(C(=O)O)cc(C(=O)O)c1)C1=NC(=Nc2ccc(O)cc2)c2ccccc2C1=O. The number of nitrogens with zero attached hydrogens (tertiary/aromatic N) is 2. The Hall–Kier alpha value is -5.12. The lowest BCUT2D eigenvalue weighted by atomic mass is 9.96. The number of nitrogens with one attached hydrogen (secondary N) is 1. The molecule has 1 heterocycles. The van der Waals surface area contributed by atoms with Crippen molar-refractivity contribution in [3.63, 3.8) is 0 Å². The van der Waals surface area contributed by atoms with Gasteiger partial charge >= 0.3 is 11.9 Å². The Balaban J connectivity index is 1.75. The normalized spacial score (nSPS) is 13.7. The summed E-state index contributed by atoms with van der Waals surface area (Å²) in [7, 11) is 0. The van der Waals surface area contributed by atoms with Crippen LogP contribution in [-0.4, -0.2) is 50.5 Å². The third-order valence-corrected chi connectivity index (χ3v) is 4.83. The van der Waals surface area contributed by atoms with Crippen LogP contribution in [0.2, 0.25) is 0 Å². The zero-order chi connectivity index (χ0) is 24.4. The first kappa shape index (κ1) is 22.1. The summed E-state index contributed by atoms with van der Waals surface area (Å²) >= 11 is 0. The van der Waals surface area contributed by atoms with Crippen LogP contribution in [-0.2, 0) is 4.79 Å². The molecule has 1 aliphatic heterocycles. The Labute approximate surface area is 191 Å². The summed E-state index contributed by atoms with van der Waals surface area (Å²) in [4.78, 5) is 57.1. The zero-order valence-electron chi connectivity index (χ0n) is 17.2. The molecule has 1 amide bonds. The molecule has 0 aliphatic carbocycles. The predicted octanol–water partition coefficient (Wildman–Crippen LogP) is 3.14. The van der Waals surface area contributed by atoms with E-state index < -0.39 is 29.3 Å². The number of rotatable bonds is 5. The number of hydrogen-bond acceptors (Lipinski definition) is 6.